The molecule has 2 nitrogen and oxygen atoms in total. The molecule has 0 radical (unpaired) electrons. The van der Waals surface area contributed by atoms with Crippen LogP contribution in [-0.4, -0.2) is 18.2 Å². The molecule has 0 saturated heterocycles. The van der Waals surface area contributed by atoms with E-state index >= 15 is 0 Å². The lowest BCUT2D eigenvalue weighted by Crippen LogP contribution is -2.31. The van der Waals surface area contributed by atoms with Crippen LogP contribution in [0.1, 0.15) is 38.4 Å². The summed E-state index contributed by atoms with van der Waals surface area (Å²) in [5.41, 5.74) is 1.21. The first kappa shape index (κ1) is 12.4. The molecule has 0 aliphatic heterocycles. The standard InChI is InChI=1S/C14H20FNO/c1-9(11-7-8-11)16(3)13-6-4-5-12(15)14(13)10(2)17/h4-6,9-11,17H,7-8H2,1-3H3. The Hall–Kier alpha value is -1.09. The highest BCUT2D eigenvalue weighted by Crippen LogP contribution is 2.38. The summed E-state index contributed by atoms with van der Waals surface area (Å²) in [5.74, 6) is 0.387. The Bertz CT molecular complexity index is 401. The Morgan fingerprint density at radius 3 is 2.53 bits per heavy atom. The molecule has 1 aliphatic carbocycles. The van der Waals surface area contributed by atoms with Crippen LogP contribution in [0.15, 0.2) is 18.2 Å². The van der Waals surface area contributed by atoms with E-state index in [-0.39, 0.29) is 5.82 Å². The number of aliphatic hydroxyl groups is 1. The van der Waals surface area contributed by atoms with Crippen molar-refractivity contribution in [3.8, 4) is 0 Å². The predicted octanol–water partition coefficient (Wildman–Crippen LogP) is 3.11. The zero-order valence-corrected chi connectivity index (χ0v) is 10.7. The van der Waals surface area contributed by atoms with E-state index in [9.17, 15) is 9.50 Å². The third-order valence-corrected chi connectivity index (χ3v) is 3.74. The van der Waals surface area contributed by atoms with Gasteiger partial charge in [0.15, 0.2) is 0 Å². The highest BCUT2D eigenvalue weighted by atomic mass is 19.1. The van der Waals surface area contributed by atoms with E-state index in [1.54, 1.807) is 13.0 Å². The first-order valence-corrected chi connectivity index (χ1v) is 6.21. The summed E-state index contributed by atoms with van der Waals surface area (Å²) in [6, 6.07) is 5.38. The van der Waals surface area contributed by atoms with E-state index < -0.39 is 6.10 Å². The van der Waals surface area contributed by atoms with E-state index in [0.717, 1.165) is 5.69 Å². The van der Waals surface area contributed by atoms with E-state index in [1.807, 2.05) is 13.1 Å². The maximum absolute atomic E-state index is 13.8. The minimum atomic E-state index is -0.778. The molecule has 3 heteroatoms. The van der Waals surface area contributed by atoms with Gasteiger partial charge in [-0.05, 0) is 44.7 Å². The molecule has 0 spiro atoms. The number of rotatable bonds is 4. The average Bonchev–Trinajstić information content (AvgIpc) is 3.10. The van der Waals surface area contributed by atoms with Gasteiger partial charge in [-0.25, -0.2) is 4.39 Å². The first-order chi connectivity index (χ1) is 8.02. The molecule has 1 saturated carbocycles. The molecule has 0 amide bonds. The zero-order chi connectivity index (χ0) is 12.6. The predicted molar refractivity (Wildman–Crippen MR) is 67.6 cm³/mol. The largest absolute Gasteiger partial charge is 0.389 e. The molecule has 1 aromatic rings. The minimum absolute atomic E-state index is 0.327. The molecular weight excluding hydrogens is 217 g/mol. The molecule has 2 rings (SSSR count). The lowest BCUT2D eigenvalue weighted by molar-refractivity contribution is 0.194. The van der Waals surface area contributed by atoms with Crippen molar-refractivity contribution in [1.82, 2.24) is 0 Å². The van der Waals surface area contributed by atoms with Crippen molar-refractivity contribution >= 4 is 5.69 Å². The Balaban J connectivity index is 2.33. The number of nitrogens with zero attached hydrogens (tertiary/aromatic N) is 1. The summed E-state index contributed by atoms with van der Waals surface area (Å²) in [6.45, 7) is 3.77. The van der Waals surface area contributed by atoms with E-state index in [1.165, 1.54) is 18.9 Å². The Morgan fingerprint density at radius 2 is 2.00 bits per heavy atom. The monoisotopic (exact) mass is 237 g/mol. The summed E-state index contributed by atoms with van der Waals surface area (Å²) >= 11 is 0. The molecule has 17 heavy (non-hydrogen) atoms. The average molecular weight is 237 g/mol. The van der Waals surface area contributed by atoms with Gasteiger partial charge in [0, 0.05) is 24.3 Å². The second-order valence-electron chi connectivity index (χ2n) is 5.04. The Morgan fingerprint density at radius 1 is 1.35 bits per heavy atom. The number of halogens is 1. The maximum atomic E-state index is 13.8. The first-order valence-electron chi connectivity index (χ1n) is 6.21. The number of aliphatic hydroxyl groups excluding tert-OH is 1. The Kier molecular flexibility index (Phi) is 3.38. The van der Waals surface area contributed by atoms with Crippen LogP contribution < -0.4 is 4.90 Å². The van der Waals surface area contributed by atoms with Gasteiger partial charge in [-0.3, -0.25) is 0 Å². The van der Waals surface area contributed by atoms with Gasteiger partial charge in [-0.1, -0.05) is 6.07 Å². The van der Waals surface area contributed by atoms with Gasteiger partial charge >= 0.3 is 0 Å². The van der Waals surface area contributed by atoms with Crippen LogP contribution in [0.3, 0.4) is 0 Å². The molecule has 1 fully saturated rings. The van der Waals surface area contributed by atoms with Crippen LogP contribution in [-0.2, 0) is 0 Å². The lowest BCUT2D eigenvalue weighted by atomic mass is 10.0. The van der Waals surface area contributed by atoms with Crippen LogP contribution in [0.2, 0.25) is 0 Å². The normalized spacial score (nSPS) is 18.9. The molecule has 2 unspecified atom stereocenters. The van der Waals surface area contributed by atoms with E-state index in [4.69, 9.17) is 0 Å². The third kappa shape index (κ3) is 2.44. The van der Waals surface area contributed by atoms with Crippen molar-refractivity contribution in [3.05, 3.63) is 29.6 Å². The van der Waals surface area contributed by atoms with E-state index in [2.05, 4.69) is 11.8 Å². The molecular formula is C14H20FNO. The second-order valence-corrected chi connectivity index (χ2v) is 5.04. The van der Waals surface area contributed by atoms with E-state index in [0.29, 0.717) is 17.5 Å². The fourth-order valence-electron chi connectivity index (χ4n) is 2.36. The molecule has 2 atom stereocenters. The van der Waals surface area contributed by atoms with Gasteiger partial charge in [0.05, 0.1) is 6.10 Å². The van der Waals surface area contributed by atoms with Gasteiger partial charge in [0.2, 0.25) is 0 Å². The van der Waals surface area contributed by atoms with Gasteiger partial charge in [-0.15, -0.1) is 0 Å². The molecule has 1 N–H and O–H groups in total. The smallest absolute Gasteiger partial charge is 0.131 e. The number of hydrogen-bond donors (Lipinski definition) is 1. The van der Waals surface area contributed by atoms with Gasteiger partial charge < -0.3 is 10.0 Å². The zero-order valence-electron chi connectivity index (χ0n) is 10.7. The highest BCUT2D eigenvalue weighted by molar-refractivity contribution is 5.55. The molecule has 1 aromatic carbocycles. The summed E-state index contributed by atoms with van der Waals surface area (Å²) in [4.78, 5) is 2.09. The highest BCUT2D eigenvalue weighted by Gasteiger charge is 2.31. The molecule has 94 valence electrons. The fraction of sp³-hybridized carbons (Fsp3) is 0.571. The molecule has 1 aliphatic rings. The van der Waals surface area contributed by atoms with Crippen LogP contribution in [0.4, 0.5) is 10.1 Å². The van der Waals surface area contributed by atoms with Gasteiger partial charge in [-0.2, -0.15) is 0 Å². The minimum Gasteiger partial charge on any atom is -0.389 e. The number of anilines is 1. The van der Waals surface area contributed by atoms with Crippen molar-refractivity contribution in [1.29, 1.82) is 0 Å². The quantitative estimate of drug-likeness (QED) is 0.869. The summed E-state index contributed by atoms with van der Waals surface area (Å²) in [5, 5.41) is 9.70. The summed E-state index contributed by atoms with van der Waals surface area (Å²) < 4.78 is 13.8. The van der Waals surface area contributed by atoms with Gasteiger partial charge in [0.1, 0.15) is 5.82 Å². The van der Waals surface area contributed by atoms with Crippen molar-refractivity contribution in [2.24, 2.45) is 5.92 Å². The molecule has 0 bridgehead atoms. The lowest BCUT2D eigenvalue weighted by Gasteiger charge is -2.30. The topological polar surface area (TPSA) is 23.5 Å². The number of hydrogen-bond acceptors (Lipinski definition) is 2. The third-order valence-electron chi connectivity index (χ3n) is 3.74. The van der Waals surface area contributed by atoms with Crippen LogP contribution >= 0.6 is 0 Å². The summed E-state index contributed by atoms with van der Waals surface area (Å²) in [7, 11) is 1.98. The van der Waals surface area contributed by atoms with Crippen molar-refractivity contribution in [2.75, 3.05) is 11.9 Å². The second kappa shape index (κ2) is 4.65. The maximum Gasteiger partial charge on any atom is 0.131 e. The SMILES string of the molecule is CC(O)c1c(F)cccc1N(C)C(C)C1CC1. The van der Waals surface area contributed by atoms with Crippen LogP contribution in [0.5, 0.6) is 0 Å². The Labute approximate surface area is 102 Å². The molecule has 0 heterocycles. The fourth-order valence-corrected chi connectivity index (χ4v) is 2.36. The van der Waals surface area contributed by atoms with Crippen molar-refractivity contribution < 1.29 is 9.50 Å². The summed E-state index contributed by atoms with van der Waals surface area (Å²) in [6.07, 6.45) is 1.73. The van der Waals surface area contributed by atoms with Crippen LogP contribution in [0.25, 0.3) is 0 Å². The van der Waals surface area contributed by atoms with Crippen LogP contribution in [0, 0.1) is 11.7 Å². The molecule has 0 aromatic heterocycles. The van der Waals surface area contributed by atoms with Gasteiger partial charge in [0.25, 0.3) is 0 Å². The number of benzene rings is 1. The van der Waals surface area contributed by atoms with Crippen molar-refractivity contribution in [2.45, 2.75) is 38.8 Å². The van der Waals surface area contributed by atoms with Crippen molar-refractivity contribution in [3.63, 3.8) is 0 Å².